The number of ether oxygens (including phenoxy) is 1. The molecule has 0 spiro atoms. The molecule has 0 saturated heterocycles. The third-order valence-electron chi connectivity index (χ3n) is 2.70. The van der Waals surface area contributed by atoms with Crippen LogP contribution in [-0.4, -0.2) is 18.5 Å². The van der Waals surface area contributed by atoms with Gasteiger partial charge in [-0.25, -0.2) is 4.79 Å². The van der Waals surface area contributed by atoms with Gasteiger partial charge in [0, 0.05) is 19.9 Å². The summed E-state index contributed by atoms with van der Waals surface area (Å²) in [6, 6.07) is 8.97. The average Bonchev–Trinajstić information content (AvgIpc) is 2.75. The minimum Gasteiger partial charge on any atom is -0.452 e. The van der Waals surface area contributed by atoms with Crippen LogP contribution in [0, 0.1) is 13.8 Å². The van der Waals surface area contributed by atoms with Gasteiger partial charge in [0.1, 0.15) is 0 Å². The molecule has 0 aliphatic rings. The fourth-order valence-electron chi connectivity index (χ4n) is 1.81. The Balaban J connectivity index is 1.89. The Kier molecular flexibility index (Phi) is 5.14. The number of rotatable bonds is 4. The number of thiophene rings is 1. The molecule has 1 aromatic heterocycles. The van der Waals surface area contributed by atoms with Crippen LogP contribution in [0.4, 0.5) is 5.69 Å². The number of aryl methyl sites for hydroxylation is 2. The Morgan fingerprint density at radius 3 is 2.67 bits per heavy atom. The Morgan fingerprint density at radius 2 is 2.05 bits per heavy atom. The van der Waals surface area contributed by atoms with E-state index < -0.39 is 5.97 Å². The van der Waals surface area contributed by atoms with E-state index in [0.29, 0.717) is 11.3 Å². The zero-order chi connectivity index (χ0) is 15.4. The molecular weight excluding hydrogens is 354 g/mol. The molecule has 0 saturated carbocycles. The van der Waals surface area contributed by atoms with Gasteiger partial charge in [-0.1, -0.05) is 22.0 Å². The van der Waals surface area contributed by atoms with Gasteiger partial charge in [0.05, 0.1) is 5.56 Å². The van der Waals surface area contributed by atoms with Gasteiger partial charge >= 0.3 is 5.97 Å². The highest BCUT2D eigenvalue weighted by Crippen LogP contribution is 2.21. The predicted octanol–water partition coefficient (Wildman–Crippen LogP) is 3.92. The van der Waals surface area contributed by atoms with E-state index in [4.69, 9.17) is 4.74 Å². The zero-order valence-corrected chi connectivity index (χ0v) is 14.0. The number of amides is 1. The first-order valence-electron chi connectivity index (χ1n) is 6.25. The second-order valence-corrected chi connectivity index (χ2v) is 6.84. The van der Waals surface area contributed by atoms with Gasteiger partial charge in [0.2, 0.25) is 0 Å². The van der Waals surface area contributed by atoms with E-state index in [-0.39, 0.29) is 12.5 Å². The predicted molar refractivity (Wildman–Crippen MR) is 86.8 cm³/mol. The van der Waals surface area contributed by atoms with Gasteiger partial charge < -0.3 is 10.1 Å². The second kappa shape index (κ2) is 6.87. The van der Waals surface area contributed by atoms with E-state index in [9.17, 15) is 9.59 Å². The first kappa shape index (κ1) is 15.7. The van der Waals surface area contributed by atoms with Gasteiger partial charge in [0.25, 0.3) is 5.91 Å². The van der Waals surface area contributed by atoms with Crippen molar-refractivity contribution in [2.75, 3.05) is 11.9 Å². The van der Waals surface area contributed by atoms with E-state index in [1.54, 1.807) is 18.2 Å². The molecule has 6 heteroatoms. The van der Waals surface area contributed by atoms with E-state index in [1.165, 1.54) is 11.3 Å². The Morgan fingerprint density at radius 1 is 1.29 bits per heavy atom. The van der Waals surface area contributed by atoms with Gasteiger partial charge in [-0.2, -0.15) is 0 Å². The summed E-state index contributed by atoms with van der Waals surface area (Å²) in [5, 5.41) is 2.67. The van der Waals surface area contributed by atoms with Gasteiger partial charge in [-0.3, -0.25) is 4.79 Å². The summed E-state index contributed by atoms with van der Waals surface area (Å²) >= 11 is 4.85. The highest BCUT2D eigenvalue weighted by Gasteiger charge is 2.15. The molecule has 1 N–H and O–H groups in total. The number of hydrogen-bond acceptors (Lipinski definition) is 4. The molecule has 110 valence electrons. The second-order valence-electron chi connectivity index (χ2n) is 4.46. The molecule has 1 amide bonds. The Hall–Kier alpha value is -1.66. The molecule has 2 aromatic rings. The smallest absolute Gasteiger partial charge is 0.339 e. The normalized spacial score (nSPS) is 10.2. The number of anilines is 1. The number of halogens is 1. The molecule has 0 radical (unpaired) electrons. The van der Waals surface area contributed by atoms with E-state index >= 15 is 0 Å². The minimum absolute atomic E-state index is 0.306. The van der Waals surface area contributed by atoms with Gasteiger partial charge in [0.15, 0.2) is 6.61 Å². The van der Waals surface area contributed by atoms with Crippen LogP contribution in [0.3, 0.4) is 0 Å². The lowest BCUT2D eigenvalue weighted by atomic mass is 10.2. The third kappa shape index (κ3) is 4.41. The van der Waals surface area contributed by atoms with E-state index in [0.717, 1.165) is 14.2 Å². The van der Waals surface area contributed by atoms with Crippen molar-refractivity contribution in [2.24, 2.45) is 0 Å². The van der Waals surface area contributed by atoms with Crippen molar-refractivity contribution in [3.05, 3.63) is 50.1 Å². The summed E-state index contributed by atoms with van der Waals surface area (Å²) in [5.74, 6) is -0.840. The van der Waals surface area contributed by atoms with Crippen molar-refractivity contribution in [1.82, 2.24) is 0 Å². The third-order valence-corrected chi connectivity index (χ3v) is 4.16. The van der Waals surface area contributed by atoms with E-state index in [1.807, 2.05) is 26.0 Å². The molecule has 21 heavy (non-hydrogen) atoms. The SMILES string of the molecule is Cc1cc(C(=O)OCC(=O)Nc2cccc(Br)c2)c(C)s1. The zero-order valence-electron chi connectivity index (χ0n) is 11.6. The lowest BCUT2D eigenvalue weighted by molar-refractivity contribution is -0.119. The lowest BCUT2D eigenvalue weighted by Gasteiger charge is -2.06. The largest absolute Gasteiger partial charge is 0.452 e. The lowest BCUT2D eigenvalue weighted by Crippen LogP contribution is -2.21. The molecule has 1 heterocycles. The van der Waals surface area contributed by atoms with Crippen molar-refractivity contribution in [1.29, 1.82) is 0 Å². The maximum absolute atomic E-state index is 11.9. The van der Waals surface area contributed by atoms with Crippen LogP contribution in [0.5, 0.6) is 0 Å². The summed E-state index contributed by atoms with van der Waals surface area (Å²) < 4.78 is 5.89. The summed E-state index contributed by atoms with van der Waals surface area (Å²) in [5.41, 5.74) is 1.17. The van der Waals surface area contributed by atoms with Crippen LogP contribution < -0.4 is 5.32 Å². The fourth-order valence-corrected chi connectivity index (χ4v) is 3.12. The summed E-state index contributed by atoms with van der Waals surface area (Å²) in [6.45, 7) is 3.48. The molecule has 0 bridgehead atoms. The van der Waals surface area contributed by atoms with Crippen molar-refractivity contribution < 1.29 is 14.3 Å². The fraction of sp³-hybridized carbons (Fsp3) is 0.200. The Bertz CT molecular complexity index is 681. The summed E-state index contributed by atoms with van der Waals surface area (Å²) in [6.07, 6.45) is 0. The summed E-state index contributed by atoms with van der Waals surface area (Å²) in [4.78, 5) is 25.6. The van der Waals surface area contributed by atoms with Crippen molar-refractivity contribution >= 4 is 44.8 Å². The number of benzene rings is 1. The van der Waals surface area contributed by atoms with Crippen LogP contribution >= 0.6 is 27.3 Å². The number of hydrogen-bond donors (Lipinski definition) is 1. The van der Waals surface area contributed by atoms with E-state index in [2.05, 4.69) is 21.2 Å². The van der Waals surface area contributed by atoms with Gasteiger partial charge in [-0.15, -0.1) is 11.3 Å². The maximum atomic E-state index is 11.9. The molecule has 0 unspecified atom stereocenters. The van der Waals surface area contributed by atoms with Crippen LogP contribution in [0.25, 0.3) is 0 Å². The molecule has 1 aromatic carbocycles. The van der Waals surface area contributed by atoms with Crippen LogP contribution in [0.1, 0.15) is 20.1 Å². The van der Waals surface area contributed by atoms with Crippen LogP contribution in [-0.2, 0) is 9.53 Å². The topological polar surface area (TPSA) is 55.4 Å². The number of carbonyl (C=O) groups excluding carboxylic acids is 2. The maximum Gasteiger partial charge on any atom is 0.339 e. The van der Waals surface area contributed by atoms with Crippen molar-refractivity contribution in [3.8, 4) is 0 Å². The monoisotopic (exact) mass is 367 g/mol. The molecule has 0 aliphatic heterocycles. The average molecular weight is 368 g/mol. The molecular formula is C15H14BrNO3S. The summed E-state index contributed by atoms with van der Waals surface area (Å²) in [7, 11) is 0. The van der Waals surface area contributed by atoms with Crippen LogP contribution in [0.15, 0.2) is 34.8 Å². The number of carbonyl (C=O) groups is 2. The highest BCUT2D eigenvalue weighted by molar-refractivity contribution is 9.10. The standard InChI is InChI=1S/C15H14BrNO3S/c1-9-6-13(10(2)21-9)15(19)20-8-14(18)17-12-5-3-4-11(16)7-12/h3-7H,8H2,1-2H3,(H,17,18). The molecule has 0 atom stereocenters. The molecule has 2 rings (SSSR count). The quantitative estimate of drug-likeness (QED) is 0.833. The number of nitrogens with one attached hydrogen (secondary N) is 1. The molecule has 4 nitrogen and oxygen atoms in total. The highest BCUT2D eigenvalue weighted by atomic mass is 79.9. The number of esters is 1. The molecule has 0 fully saturated rings. The van der Waals surface area contributed by atoms with Crippen LogP contribution in [0.2, 0.25) is 0 Å². The minimum atomic E-state index is -0.471. The first-order chi connectivity index (χ1) is 9.95. The van der Waals surface area contributed by atoms with Crippen molar-refractivity contribution in [2.45, 2.75) is 13.8 Å². The molecule has 0 aliphatic carbocycles. The Labute approximate surface area is 135 Å². The van der Waals surface area contributed by atoms with Crippen molar-refractivity contribution in [3.63, 3.8) is 0 Å². The first-order valence-corrected chi connectivity index (χ1v) is 7.86. The van der Waals surface area contributed by atoms with Gasteiger partial charge in [-0.05, 0) is 38.1 Å².